The van der Waals surface area contributed by atoms with Gasteiger partial charge in [0.2, 0.25) is 0 Å². The molecule has 2 fully saturated rings. The lowest BCUT2D eigenvalue weighted by molar-refractivity contribution is 0.0607. The lowest BCUT2D eigenvalue weighted by Crippen LogP contribution is -2.53. The SMILES string of the molecule is COc1cc(C)cnc1C(=O)N1CCN2C(=O)NCC2C1. The van der Waals surface area contributed by atoms with Crippen molar-refractivity contribution in [2.75, 3.05) is 33.3 Å². The number of nitrogens with one attached hydrogen (secondary N) is 1. The van der Waals surface area contributed by atoms with E-state index in [1.807, 2.05) is 6.92 Å². The van der Waals surface area contributed by atoms with Crippen LogP contribution in [-0.2, 0) is 0 Å². The Bertz CT molecular complexity index is 590. The third-order valence-electron chi connectivity index (χ3n) is 3.93. The van der Waals surface area contributed by atoms with Gasteiger partial charge in [-0.1, -0.05) is 0 Å². The van der Waals surface area contributed by atoms with Crippen molar-refractivity contribution in [3.05, 3.63) is 23.5 Å². The van der Waals surface area contributed by atoms with Gasteiger partial charge in [-0.2, -0.15) is 0 Å². The number of amides is 3. The van der Waals surface area contributed by atoms with Crippen LogP contribution in [0.15, 0.2) is 12.3 Å². The van der Waals surface area contributed by atoms with Crippen LogP contribution in [-0.4, -0.2) is 66.1 Å². The molecule has 3 rings (SSSR count). The summed E-state index contributed by atoms with van der Waals surface area (Å²) in [5.74, 6) is 0.342. The third kappa shape index (κ3) is 2.39. The molecule has 2 saturated heterocycles. The predicted molar refractivity (Wildman–Crippen MR) is 75.3 cm³/mol. The van der Waals surface area contributed by atoms with Crippen molar-refractivity contribution in [1.29, 1.82) is 0 Å². The average Bonchev–Trinajstić information content (AvgIpc) is 2.87. The first-order valence-electron chi connectivity index (χ1n) is 6.94. The first-order chi connectivity index (χ1) is 10.1. The van der Waals surface area contributed by atoms with Crippen LogP contribution in [0.1, 0.15) is 16.1 Å². The van der Waals surface area contributed by atoms with E-state index < -0.39 is 0 Å². The normalized spacial score (nSPS) is 21.0. The van der Waals surface area contributed by atoms with Crippen molar-refractivity contribution in [2.24, 2.45) is 0 Å². The highest BCUT2D eigenvalue weighted by molar-refractivity contribution is 5.95. The van der Waals surface area contributed by atoms with Crippen molar-refractivity contribution in [1.82, 2.24) is 20.1 Å². The molecule has 0 aromatic carbocycles. The Labute approximate surface area is 122 Å². The summed E-state index contributed by atoms with van der Waals surface area (Å²) in [5, 5.41) is 2.80. The fraction of sp³-hybridized carbons (Fsp3) is 0.500. The molecule has 7 nitrogen and oxygen atoms in total. The number of carbonyl (C=O) groups is 2. The van der Waals surface area contributed by atoms with Gasteiger partial charge in [-0.05, 0) is 18.6 Å². The molecular weight excluding hydrogens is 272 g/mol. The smallest absolute Gasteiger partial charge is 0.317 e. The molecule has 1 aromatic rings. The largest absolute Gasteiger partial charge is 0.494 e. The van der Waals surface area contributed by atoms with Gasteiger partial charge < -0.3 is 19.9 Å². The van der Waals surface area contributed by atoms with Gasteiger partial charge in [0, 0.05) is 32.4 Å². The minimum Gasteiger partial charge on any atom is -0.494 e. The van der Waals surface area contributed by atoms with E-state index in [0.717, 1.165) is 5.56 Å². The minimum atomic E-state index is -0.147. The number of aromatic nitrogens is 1. The van der Waals surface area contributed by atoms with E-state index in [0.29, 0.717) is 37.6 Å². The molecule has 1 N–H and O–H groups in total. The van der Waals surface area contributed by atoms with Crippen LogP contribution in [0.5, 0.6) is 5.75 Å². The van der Waals surface area contributed by atoms with Crippen molar-refractivity contribution in [2.45, 2.75) is 13.0 Å². The molecule has 112 valence electrons. The van der Waals surface area contributed by atoms with E-state index in [1.165, 1.54) is 7.11 Å². The summed E-state index contributed by atoms with van der Waals surface area (Å²) in [6.07, 6.45) is 1.66. The number of hydrogen-bond acceptors (Lipinski definition) is 4. The van der Waals surface area contributed by atoms with E-state index in [4.69, 9.17) is 4.74 Å². The number of carbonyl (C=O) groups excluding carboxylic acids is 2. The number of ether oxygens (including phenoxy) is 1. The van der Waals surface area contributed by atoms with Crippen LogP contribution in [0.3, 0.4) is 0 Å². The van der Waals surface area contributed by atoms with Gasteiger partial charge in [0.05, 0.1) is 13.2 Å². The van der Waals surface area contributed by atoms with Crippen LogP contribution in [0.4, 0.5) is 4.79 Å². The lowest BCUT2D eigenvalue weighted by Gasteiger charge is -2.36. The maximum absolute atomic E-state index is 12.6. The molecule has 7 heteroatoms. The molecule has 3 amide bonds. The fourth-order valence-corrected chi connectivity index (χ4v) is 2.80. The Morgan fingerprint density at radius 1 is 1.48 bits per heavy atom. The standard InChI is InChI=1S/C14H18N4O3/c1-9-5-11(21-2)12(15-6-9)13(19)17-3-4-18-10(8-17)7-16-14(18)20/h5-6,10H,3-4,7-8H2,1-2H3,(H,16,20). The molecule has 1 unspecified atom stereocenters. The summed E-state index contributed by atoms with van der Waals surface area (Å²) in [7, 11) is 1.53. The highest BCUT2D eigenvalue weighted by Crippen LogP contribution is 2.21. The number of pyridine rings is 1. The summed E-state index contributed by atoms with van der Waals surface area (Å²) in [6, 6.07) is 1.81. The van der Waals surface area contributed by atoms with Crippen molar-refractivity contribution >= 4 is 11.9 Å². The average molecular weight is 290 g/mol. The second-order valence-corrected chi connectivity index (χ2v) is 5.35. The van der Waals surface area contributed by atoms with Crippen LogP contribution < -0.4 is 10.1 Å². The summed E-state index contributed by atoms with van der Waals surface area (Å²) < 4.78 is 5.25. The fourth-order valence-electron chi connectivity index (χ4n) is 2.80. The van der Waals surface area contributed by atoms with E-state index in [-0.39, 0.29) is 18.0 Å². The highest BCUT2D eigenvalue weighted by Gasteiger charge is 2.37. The van der Waals surface area contributed by atoms with Crippen LogP contribution >= 0.6 is 0 Å². The summed E-state index contributed by atoms with van der Waals surface area (Å²) >= 11 is 0. The number of rotatable bonds is 2. The van der Waals surface area contributed by atoms with Gasteiger partial charge in [-0.15, -0.1) is 0 Å². The molecule has 2 aliphatic heterocycles. The first-order valence-corrected chi connectivity index (χ1v) is 6.94. The monoisotopic (exact) mass is 290 g/mol. The van der Waals surface area contributed by atoms with Crippen molar-refractivity contribution in [3.63, 3.8) is 0 Å². The van der Waals surface area contributed by atoms with Gasteiger partial charge in [-0.25, -0.2) is 9.78 Å². The number of nitrogens with zero attached hydrogens (tertiary/aromatic N) is 3. The van der Waals surface area contributed by atoms with Crippen molar-refractivity contribution < 1.29 is 14.3 Å². The minimum absolute atomic E-state index is 0.0434. The van der Waals surface area contributed by atoms with Gasteiger partial charge in [0.1, 0.15) is 5.75 Å². The van der Waals surface area contributed by atoms with Crippen LogP contribution in [0.25, 0.3) is 0 Å². The number of piperazine rings is 1. The number of urea groups is 1. The number of fused-ring (bicyclic) bond motifs is 1. The molecular formula is C14H18N4O3. The first kappa shape index (κ1) is 13.7. The zero-order chi connectivity index (χ0) is 15.0. The summed E-state index contributed by atoms with van der Waals surface area (Å²) in [4.78, 5) is 31.9. The van der Waals surface area contributed by atoms with Gasteiger partial charge in [0.25, 0.3) is 5.91 Å². The molecule has 1 atom stereocenters. The van der Waals surface area contributed by atoms with Crippen LogP contribution in [0.2, 0.25) is 0 Å². The summed E-state index contributed by atoms with van der Waals surface area (Å²) in [6.45, 7) is 4.08. The predicted octanol–water partition coefficient (Wildman–Crippen LogP) is 0.248. The maximum Gasteiger partial charge on any atom is 0.317 e. The zero-order valence-corrected chi connectivity index (χ0v) is 12.1. The van der Waals surface area contributed by atoms with Crippen LogP contribution in [0, 0.1) is 6.92 Å². The molecule has 0 radical (unpaired) electrons. The Morgan fingerprint density at radius 3 is 3.05 bits per heavy atom. The Kier molecular flexibility index (Phi) is 3.40. The molecule has 0 saturated carbocycles. The highest BCUT2D eigenvalue weighted by atomic mass is 16.5. The molecule has 1 aromatic heterocycles. The van der Waals surface area contributed by atoms with E-state index in [2.05, 4.69) is 10.3 Å². The molecule has 0 bridgehead atoms. The Balaban J connectivity index is 1.79. The molecule has 2 aliphatic rings. The topological polar surface area (TPSA) is 74.8 Å². The number of hydrogen-bond donors (Lipinski definition) is 1. The maximum atomic E-state index is 12.6. The van der Waals surface area contributed by atoms with Gasteiger partial charge >= 0.3 is 6.03 Å². The molecule has 0 aliphatic carbocycles. The Hall–Kier alpha value is -2.31. The van der Waals surface area contributed by atoms with Crippen molar-refractivity contribution in [3.8, 4) is 5.75 Å². The van der Waals surface area contributed by atoms with Gasteiger partial charge in [-0.3, -0.25) is 4.79 Å². The van der Waals surface area contributed by atoms with E-state index in [9.17, 15) is 9.59 Å². The summed E-state index contributed by atoms with van der Waals surface area (Å²) in [5.41, 5.74) is 1.27. The van der Waals surface area contributed by atoms with E-state index in [1.54, 1.807) is 22.1 Å². The third-order valence-corrected chi connectivity index (χ3v) is 3.93. The Morgan fingerprint density at radius 2 is 2.29 bits per heavy atom. The second-order valence-electron chi connectivity index (χ2n) is 5.35. The second kappa shape index (κ2) is 5.23. The molecule has 21 heavy (non-hydrogen) atoms. The molecule has 3 heterocycles. The quantitative estimate of drug-likeness (QED) is 0.847. The zero-order valence-electron chi connectivity index (χ0n) is 12.1. The number of aryl methyl sites for hydroxylation is 1. The van der Waals surface area contributed by atoms with E-state index >= 15 is 0 Å². The van der Waals surface area contributed by atoms with Gasteiger partial charge in [0.15, 0.2) is 5.69 Å². The number of methoxy groups -OCH3 is 1. The lowest BCUT2D eigenvalue weighted by atomic mass is 10.1. The molecule has 0 spiro atoms.